The van der Waals surface area contributed by atoms with Gasteiger partial charge in [0.15, 0.2) is 0 Å². The van der Waals surface area contributed by atoms with Crippen LogP contribution in [0.15, 0.2) is 0 Å². The SMILES string of the molecule is CCCCN(CC(N)=O)C(=O)C1CCCC1N. The van der Waals surface area contributed by atoms with Crippen molar-refractivity contribution in [3.63, 3.8) is 0 Å². The van der Waals surface area contributed by atoms with Crippen LogP contribution in [0.4, 0.5) is 0 Å². The molecular formula is C12H23N3O2. The van der Waals surface area contributed by atoms with Gasteiger partial charge in [-0.25, -0.2) is 0 Å². The molecule has 4 N–H and O–H groups in total. The Morgan fingerprint density at radius 1 is 1.35 bits per heavy atom. The Balaban J connectivity index is 2.60. The number of nitrogens with zero attached hydrogens (tertiary/aromatic N) is 1. The number of nitrogens with two attached hydrogens (primary N) is 2. The molecule has 2 amide bonds. The van der Waals surface area contributed by atoms with Gasteiger partial charge in [0.1, 0.15) is 0 Å². The van der Waals surface area contributed by atoms with E-state index in [9.17, 15) is 9.59 Å². The first-order valence-electron chi connectivity index (χ1n) is 6.39. The molecule has 0 aromatic rings. The van der Waals surface area contributed by atoms with Crippen LogP contribution in [0.25, 0.3) is 0 Å². The van der Waals surface area contributed by atoms with Gasteiger partial charge in [-0.3, -0.25) is 9.59 Å². The van der Waals surface area contributed by atoms with Crippen molar-refractivity contribution in [2.24, 2.45) is 17.4 Å². The summed E-state index contributed by atoms with van der Waals surface area (Å²) < 4.78 is 0. The van der Waals surface area contributed by atoms with Gasteiger partial charge in [0.05, 0.1) is 12.5 Å². The predicted molar refractivity (Wildman–Crippen MR) is 66.0 cm³/mol. The van der Waals surface area contributed by atoms with Crippen molar-refractivity contribution >= 4 is 11.8 Å². The standard InChI is InChI=1S/C12H23N3O2/c1-2-3-7-15(8-11(14)16)12(17)9-5-4-6-10(9)13/h9-10H,2-8,13H2,1H3,(H2,14,16). The molecule has 5 nitrogen and oxygen atoms in total. The smallest absolute Gasteiger partial charge is 0.237 e. The van der Waals surface area contributed by atoms with E-state index in [1.807, 2.05) is 6.92 Å². The molecule has 0 bridgehead atoms. The highest BCUT2D eigenvalue weighted by molar-refractivity contribution is 5.85. The first-order valence-corrected chi connectivity index (χ1v) is 6.39. The van der Waals surface area contributed by atoms with Gasteiger partial charge in [-0.15, -0.1) is 0 Å². The van der Waals surface area contributed by atoms with Crippen LogP contribution in [0.1, 0.15) is 39.0 Å². The van der Waals surface area contributed by atoms with Crippen LogP contribution in [-0.2, 0) is 9.59 Å². The summed E-state index contributed by atoms with van der Waals surface area (Å²) in [5, 5.41) is 0. The van der Waals surface area contributed by atoms with E-state index in [0.717, 1.165) is 32.1 Å². The van der Waals surface area contributed by atoms with Gasteiger partial charge >= 0.3 is 0 Å². The van der Waals surface area contributed by atoms with Gasteiger partial charge in [-0.1, -0.05) is 19.8 Å². The first kappa shape index (κ1) is 14.0. The molecule has 1 aliphatic carbocycles. The van der Waals surface area contributed by atoms with Crippen LogP contribution in [-0.4, -0.2) is 35.8 Å². The molecule has 0 aromatic heterocycles. The number of rotatable bonds is 6. The average Bonchev–Trinajstić information content (AvgIpc) is 2.69. The van der Waals surface area contributed by atoms with Crippen LogP contribution in [0.2, 0.25) is 0 Å². The zero-order valence-electron chi connectivity index (χ0n) is 10.5. The summed E-state index contributed by atoms with van der Waals surface area (Å²) in [6, 6.07) is -0.0560. The summed E-state index contributed by atoms with van der Waals surface area (Å²) >= 11 is 0. The summed E-state index contributed by atoms with van der Waals surface area (Å²) in [6.45, 7) is 2.66. The number of amides is 2. The van der Waals surface area contributed by atoms with Crippen molar-refractivity contribution in [1.29, 1.82) is 0 Å². The lowest BCUT2D eigenvalue weighted by molar-refractivity contribution is -0.139. The summed E-state index contributed by atoms with van der Waals surface area (Å²) in [6.07, 6.45) is 4.60. The maximum absolute atomic E-state index is 12.2. The monoisotopic (exact) mass is 241 g/mol. The molecule has 0 spiro atoms. The quantitative estimate of drug-likeness (QED) is 0.697. The fourth-order valence-electron chi connectivity index (χ4n) is 2.33. The molecule has 1 rings (SSSR count). The first-order chi connectivity index (χ1) is 8.06. The van der Waals surface area contributed by atoms with E-state index in [1.54, 1.807) is 4.90 Å². The molecule has 0 saturated heterocycles. The summed E-state index contributed by atoms with van der Waals surface area (Å²) in [7, 11) is 0. The predicted octanol–water partition coefficient (Wildman–Crippen LogP) is 0.228. The molecule has 2 atom stereocenters. The molecule has 2 unspecified atom stereocenters. The number of primary amides is 1. The van der Waals surface area contributed by atoms with Crippen LogP contribution >= 0.6 is 0 Å². The molecule has 98 valence electrons. The molecule has 5 heteroatoms. The zero-order chi connectivity index (χ0) is 12.8. The number of carbonyl (C=O) groups is 2. The van der Waals surface area contributed by atoms with Crippen molar-refractivity contribution < 1.29 is 9.59 Å². The molecule has 0 aliphatic heterocycles. The summed E-state index contributed by atoms with van der Waals surface area (Å²) in [4.78, 5) is 24.8. The highest BCUT2D eigenvalue weighted by Gasteiger charge is 2.33. The van der Waals surface area contributed by atoms with Crippen molar-refractivity contribution in [2.45, 2.75) is 45.1 Å². The van der Waals surface area contributed by atoms with E-state index < -0.39 is 5.91 Å². The van der Waals surface area contributed by atoms with Gasteiger partial charge in [0.2, 0.25) is 11.8 Å². The number of hydrogen-bond donors (Lipinski definition) is 2. The van der Waals surface area contributed by atoms with Crippen molar-refractivity contribution in [1.82, 2.24) is 4.90 Å². The van der Waals surface area contributed by atoms with E-state index in [-0.39, 0.29) is 24.4 Å². The highest BCUT2D eigenvalue weighted by Crippen LogP contribution is 2.25. The minimum atomic E-state index is -0.457. The third kappa shape index (κ3) is 4.00. The number of carbonyl (C=O) groups excluding carboxylic acids is 2. The summed E-state index contributed by atoms with van der Waals surface area (Å²) in [5.74, 6) is -0.575. The number of unbranched alkanes of at least 4 members (excludes halogenated alkanes) is 1. The fraction of sp³-hybridized carbons (Fsp3) is 0.833. The van der Waals surface area contributed by atoms with Crippen LogP contribution in [0, 0.1) is 5.92 Å². The molecule has 0 heterocycles. The molecule has 1 aliphatic rings. The maximum Gasteiger partial charge on any atom is 0.237 e. The second-order valence-corrected chi connectivity index (χ2v) is 4.78. The zero-order valence-corrected chi connectivity index (χ0v) is 10.5. The van der Waals surface area contributed by atoms with Crippen LogP contribution in [0.3, 0.4) is 0 Å². The lowest BCUT2D eigenvalue weighted by Crippen LogP contribution is -2.45. The molecule has 17 heavy (non-hydrogen) atoms. The van der Waals surface area contributed by atoms with Crippen molar-refractivity contribution in [2.75, 3.05) is 13.1 Å². The Bertz CT molecular complexity index is 281. The number of hydrogen-bond acceptors (Lipinski definition) is 3. The van der Waals surface area contributed by atoms with Crippen molar-refractivity contribution in [3.8, 4) is 0 Å². The Labute approximate surface area is 103 Å². The average molecular weight is 241 g/mol. The Morgan fingerprint density at radius 2 is 2.06 bits per heavy atom. The van der Waals surface area contributed by atoms with Gasteiger partial charge < -0.3 is 16.4 Å². The molecule has 0 radical (unpaired) electrons. The van der Waals surface area contributed by atoms with E-state index in [4.69, 9.17) is 11.5 Å². The van der Waals surface area contributed by atoms with Gasteiger partial charge in [-0.2, -0.15) is 0 Å². The van der Waals surface area contributed by atoms with Gasteiger partial charge in [0.25, 0.3) is 0 Å². The molecule has 1 fully saturated rings. The lowest BCUT2D eigenvalue weighted by atomic mass is 10.0. The normalized spacial score (nSPS) is 23.6. The van der Waals surface area contributed by atoms with Crippen LogP contribution < -0.4 is 11.5 Å². The van der Waals surface area contributed by atoms with E-state index in [0.29, 0.717) is 6.54 Å². The van der Waals surface area contributed by atoms with E-state index in [1.165, 1.54) is 0 Å². The third-order valence-corrected chi connectivity index (χ3v) is 3.33. The minimum Gasteiger partial charge on any atom is -0.368 e. The van der Waals surface area contributed by atoms with Gasteiger partial charge in [0, 0.05) is 12.6 Å². The van der Waals surface area contributed by atoms with Crippen LogP contribution in [0.5, 0.6) is 0 Å². The topological polar surface area (TPSA) is 89.4 Å². The van der Waals surface area contributed by atoms with E-state index >= 15 is 0 Å². The summed E-state index contributed by atoms with van der Waals surface area (Å²) in [5.41, 5.74) is 11.1. The lowest BCUT2D eigenvalue weighted by Gasteiger charge is -2.26. The molecule has 1 saturated carbocycles. The Kier molecular flexibility index (Phi) is 5.41. The van der Waals surface area contributed by atoms with E-state index in [2.05, 4.69) is 0 Å². The fourth-order valence-corrected chi connectivity index (χ4v) is 2.33. The largest absolute Gasteiger partial charge is 0.368 e. The second kappa shape index (κ2) is 6.59. The Morgan fingerprint density at radius 3 is 2.53 bits per heavy atom. The third-order valence-electron chi connectivity index (χ3n) is 3.33. The van der Waals surface area contributed by atoms with Gasteiger partial charge in [-0.05, 0) is 19.3 Å². The molecular weight excluding hydrogens is 218 g/mol. The molecule has 0 aromatic carbocycles. The second-order valence-electron chi connectivity index (χ2n) is 4.78. The maximum atomic E-state index is 12.2. The Hall–Kier alpha value is -1.10. The van der Waals surface area contributed by atoms with Crippen molar-refractivity contribution in [3.05, 3.63) is 0 Å². The highest BCUT2D eigenvalue weighted by atomic mass is 16.2. The minimum absolute atomic E-state index is 0.00208.